The average molecular weight is 796 g/mol. The average Bonchev–Trinajstić information content (AvgIpc) is 3.99. The lowest BCUT2D eigenvalue weighted by molar-refractivity contribution is -0.387. The number of nitrogens with zero attached hydrogens (tertiary/aromatic N) is 12. The summed E-state index contributed by atoms with van der Waals surface area (Å²) in [5.74, 6) is 0. The van der Waals surface area contributed by atoms with E-state index in [4.69, 9.17) is 0 Å². The lowest BCUT2D eigenvalue weighted by Crippen LogP contribution is -2.16. The summed E-state index contributed by atoms with van der Waals surface area (Å²) in [6.45, 7) is 1.53. The van der Waals surface area contributed by atoms with Gasteiger partial charge in [0.15, 0.2) is 4.90 Å². The summed E-state index contributed by atoms with van der Waals surface area (Å²) in [5.41, 5.74) is 8.04. The third-order valence-electron chi connectivity index (χ3n) is 7.95. The van der Waals surface area contributed by atoms with Crippen LogP contribution in [-0.4, -0.2) is 69.5 Å². The Morgan fingerprint density at radius 1 is 0.736 bits per heavy atom. The second kappa shape index (κ2) is 15.1. The number of aliphatic imine (C=N–C) groups is 2. The van der Waals surface area contributed by atoms with Crippen molar-refractivity contribution in [2.75, 3.05) is 0 Å². The van der Waals surface area contributed by atoms with Gasteiger partial charge in [0.05, 0.1) is 48.0 Å². The Bertz CT molecular complexity index is 2650. The maximum absolute atomic E-state index is 13.0. The second-order valence-corrected chi connectivity index (χ2v) is 14.2. The van der Waals surface area contributed by atoms with E-state index in [1.54, 1.807) is 47.3 Å². The third kappa shape index (κ3) is 7.68. The molecule has 16 nitrogen and oxygen atoms in total. The van der Waals surface area contributed by atoms with E-state index in [1.807, 2.05) is 38.1 Å². The van der Waals surface area contributed by atoms with Crippen molar-refractivity contribution in [1.82, 2.24) is 43.7 Å². The minimum Gasteiger partial charge on any atom is -0.286 e. The number of halogens is 1. The van der Waals surface area contributed by atoms with E-state index in [2.05, 4.69) is 68.3 Å². The predicted octanol–water partition coefficient (Wildman–Crippen LogP) is 5.80. The number of para-hydroxylation sites is 1. The highest BCUT2D eigenvalue weighted by Crippen LogP contribution is 2.29. The normalized spacial score (nSPS) is 12.3. The van der Waals surface area contributed by atoms with Crippen molar-refractivity contribution in [3.05, 3.63) is 129 Å². The Hall–Kier alpha value is -6.27. The van der Waals surface area contributed by atoms with Crippen LogP contribution in [-0.2, 0) is 37.2 Å². The van der Waals surface area contributed by atoms with Crippen molar-refractivity contribution < 1.29 is 13.3 Å². The topological polar surface area (TPSA) is 194 Å². The zero-order valence-corrected chi connectivity index (χ0v) is 29.9. The molecule has 6 aromatic heterocycles. The molecule has 8 heterocycles. The van der Waals surface area contributed by atoms with Crippen LogP contribution in [0.2, 0.25) is 0 Å². The molecule has 1 aromatic carbocycles. The molecule has 2 aliphatic heterocycles. The summed E-state index contributed by atoms with van der Waals surface area (Å²) < 4.78 is 31.3. The summed E-state index contributed by atoms with van der Waals surface area (Å²) in [4.78, 5) is 31.1. The molecule has 0 aliphatic carbocycles. The molecule has 0 fully saturated rings. The highest BCUT2D eigenvalue weighted by molar-refractivity contribution is 9.10. The van der Waals surface area contributed by atoms with Gasteiger partial charge < -0.3 is 0 Å². The molecule has 2 aliphatic rings. The molecule has 0 unspecified atom stereocenters. The molecule has 0 N–H and O–H groups in total. The molecule has 0 saturated heterocycles. The first kappa shape index (κ1) is 36.5. The van der Waals surface area contributed by atoms with Crippen LogP contribution in [0.4, 0.5) is 5.69 Å². The van der Waals surface area contributed by atoms with Crippen LogP contribution < -0.4 is 0 Å². The maximum atomic E-state index is 13.0. The van der Waals surface area contributed by atoms with Crippen molar-refractivity contribution >= 4 is 55.1 Å². The quantitative estimate of drug-likeness (QED) is 0.152. The first-order valence-electron chi connectivity index (χ1n) is 15.5. The first-order valence-corrected chi connectivity index (χ1v) is 17.7. The number of hydrogen-bond acceptors (Lipinski definition) is 12. The monoisotopic (exact) mass is 794 g/mol. The highest BCUT2D eigenvalue weighted by atomic mass is 79.9. The van der Waals surface area contributed by atoms with E-state index in [0.717, 1.165) is 55.8 Å². The van der Waals surface area contributed by atoms with Crippen molar-refractivity contribution in [3.63, 3.8) is 0 Å². The zero-order valence-electron chi connectivity index (χ0n) is 27.5. The molecule has 0 saturated carbocycles. The summed E-state index contributed by atoms with van der Waals surface area (Å²) in [7, 11) is -0.616. The van der Waals surface area contributed by atoms with Gasteiger partial charge in [0, 0.05) is 101 Å². The molecule has 0 radical (unpaired) electrons. The standard InChI is InChI=1S/C16H12N6O4S.C11H10N4.C7H5BrN2.CH4/c1-20-10-12(8-18-20)11-6-15-13(17-7-11)9-19-21(15)27(25,26)16-5-3-2-4-14(16)22(23)24;1-15-7-10(5-14-15)8-2-9-3-12-6-11(9)13-4-8;8-6-1-5-2-9-4-7(5)10-3-6;/h2-10H,1H3;2,4-7H,3H2,1H3;1,3-4H,2H2;1H4. The predicted molar refractivity (Wildman–Crippen MR) is 203 cm³/mol. The first-order chi connectivity index (χ1) is 25.1. The number of rotatable bonds is 5. The number of aromatic nitrogens is 9. The van der Waals surface area contributed by atoms with Gasteiger partial charge in [-0.1, -0.05) is 19.6 Å². The van der Waals surface area contributed by atoms with Gasteiger partial charge in [0.25, 0.3) is 15.7 Å². The van der Waals surface area contributed by atoms with Crippen LogP contribution in [0.3, 0.4) is 0 Å². The van der Waals surface area contributed by atoms with Crippen LogP contribution in [0.15, 0.2) is 111 Å². The Balaban J connectivity index is 0.000000154. The van der Waals surface area contributed by atoms with Crippen molar-refractivity contribution in [1.29, 1.82) is 0 Å². The fourth-order valence-electron chi connectivity index (χ4n) is 5.41. The number of aryl methyl sites for hydroxylation is 2. The molecule has 268 valence electrons. The SMILES string of the molecule is Brc1cnc2c(c1)CN=C2.C.Cn1cc(-c2cnc3c(c2)CN=C3)cn1.Cn1cc(-c2cnc3cnn(S(=O)(=O)c4ccccc4[N+](=O)[O-])c3c2)cn1. The summed E-state index contributed by atoms with van der Waals surface area (Å²) in [5, 5.41) is 23.4. The zero-order chi connectivity index (χ0) is 36.4. The number of fused-ring (bicyclic) bond motifs is 3. The van der Waals surface area contributed by atoms with Crippen molar-refractivity contribution in [2.45, 2.75) is 25.4 Å². The molecular weight excluding hydrogens is 764 g/mol. The van der Waals surface area contributed by atoms with Gasteiger partial charge in [-0.05, 0) is 40.2 Å². The van der Waals surface area contributed by atoms with E-state index in [0.29, 0.717) is 11.1 Å². The molecule has 7 aromatic rings. The Kier molecular flexibility index (Phi) is 10.4. The summed E-state index contributed by atoms with van der Waals surface area (Å²) in [6, 6.07) is 10.9. The van der Waals surface area contributed by atoms with Gasteiger partial charge in [-0.3, -0.25) is 44.4 Å². The van der Waals surface area contributed by atoms with E-state index >= 15 is 0 Å². The van der Waals surface area contributed by atoms with E-state index in [1.165, 1.54) is 35.5 Å². The number of pyridine rings is 3. The van der Waals surface area contributed by atoms with Crippen molar-refractivity contribution in [2.24, 2.45) is 24.1 Å². The molecular formula is C35H31BrN12O4S. The molecule has 53 heavy (non-hydrogen) atoms. The molecule has 0 spiro atoms. The molecule has 0 atom stereocenters. The summed E-state index contributed by atoms with van der Waals surface area (Å²) in [6.07, 6.45) is 17.4. The van der Waals surface area contributed by atoms with Crippen LogP contribution in [0.5, 0.6) is 0 Å². The van der Waals surface area contributed by atoms with Gasteiger partial charge in [-0.25, -0.2) is 0 Å². The summed E-state index contributed by atoms with van der Waals surface area (Å²) >= 11 is 3.35. The minimum absolute atomic E-state index is 0. The van der Waals surface area contributed by atoms with Crippen molar-refractivity contribution in [3.8, 4) is 22.3 Å². The van der Waals surface area contributed by atoms with Gasteiger partial charge >= 0.3 is 0 Å². The number of benzene rings is 1. The van der Waals surface area contributed by atoms with Crippen LogP contribution in [0.1, 0.15) is 29.9 Å². The molecule has 18 heteroatoms. The molecule has 0 amide bonds. The van der Waals surface area contributed by atoms with Gasteiger partial charge in [0.2, 0.25) is 0 Å². The smallest absolute Gasteiger partial charge is 0.286 e. The lowest BCUT2D eigenvalue weighted by Gasteiger charge is -2.07. The Morgan fingerprint density at radius 3 is 1.94 bits per heavy atom. The van der Waals surface area contributed by atoms with Crippen LogP contribution in [0.25, 0.3) is 33.3 Å². The Morgan fingerprint density at radius 2 is 1.32 bits per heavy atom. The largest absolute Gasteiger partial charge is 0.290 e. The van der Waals surface area contributed by atoms with E-state index < -0.39 is 25.5 Å². The maximum Gasteiger partial charge on any atom is 0.290 e. The Labute approximate surface area is 312 Å². The van der Waals surface area contributed by atoms with E-state index in [-0.39, 0.29) is 12.9 Å². The fraction of sp³-hybridized carbons (Fsp3) is 0.143. The van der Waals surface area contributed by atoms with Gasteiger partial charge in [-0.15, -0.1) is 0 Å². The van der Waals surface area contributed by atoms with Crippen LogP contribution >= 0.6 is 15.9 Å². The fourth-order valence-corrected chi connectivity index (χ4v) is 7.21. The van der Waals surface area contributed by atoms with Gasteiger partial charge in [-0.2, -0.15) is 27.8 Å². The number of nitro groups is 1. The number of hydrogen-bond donors (Lipinski definition) is 0. The van der Waals surface area contributed by atoms with Crippen LogP contribution in [0, 0.1) is 10.1 Å². The third-order valence-corrected chi connectivity index (χ3v) is 10.0. The van der Waals surface area contributed by atoms with E-state index in [9.17, 15) is 18.5 Å². The molecule has 0 bridgehead atoms. The highest BCUT2D eigenvalue weighted by Gasteiger charge is 2.29. The molecule has 9 rings (SSSR count). The second-order valence-electron chi connectivity index (χ2n) is 11.6. The van der Waals surface area contributed by atoms with Gasteiger partial charge in [0.1, 0.15) is 11.0 Å². The lowest BCUT2D eigenvalue weighted by atomic mass is 10.1. The minimum atomic E-state index is -4.29. The number of nitro benzene ring substituents is 1.